The maximum Gasteiger partial charge on any atom is 0.270 e. The Morgan fingerprint density at radius 1 is 1.45 bits per heavy atom. The van der Waals surface area contributed by atoms with E-state index in [1.807, 2.05) is 24.1 Å². The van der Waals surface area contributed by atoms with Gasteiger partial charge in [0.2, 0.25) is 0 Å². The maximum atomic E-state index is 12.8. The fourth-order valence-corrected chi connectivity index (χ4v) is 3.49. The van der Waals surface area contributed by atoms with Crippen molar-refractivity contribution in [2.45, 2.75) is 44.7 Å². The van der Waals surface area contributed by atoms with E-state index in [-0.39, 0.29) is 11.9 Å². The minimum Gasteiger partial charge on any atom is -0.339 e. The molecule has 0 spiro atoms. The van der Waals surface area contributed by atoms with Crippen molar-refractivity contribution in [2.75, 3.05) is 13.1 Å². The Kier molecular flexibility index (Phi) is 3.91. The molecular weight excluding hydrogens is 318 g/mol. The van der Waals surface area contributed by atoms with Crippen LogP contribution in [0.3, 0.4) is 0 Å². The quantitative estimate of drug-likeness (QED) is 0.920. The Labute approximate surface area is 128 Å². The van der Waals surface area contributed by atoms with E-state index < -0.39 is 0 Å². The van der Waals surface area contributed by atoms with Crippen molar-refractivity contribution in [3.63, 3.8) is 0 Å². The summed E-state index contributed by atoms with van der Waals surface area (Å²) in [6, 6.07) is 2.64. The van der Waals surface area contributed by atoms with Gasteiger partial charge in [0.1, 0.15) is 5.69 Å². The summed E-state index contributed by atoms with van der Waals surface area (Å²) in [6.45, 7) is 3.70. The molecular formula is C15H22BrN3O. The predicted molar refractivity (Wildman–Crippen MR) is 82.7 cm³/mol. The van der Waals surface area contributed by atoms with Crippen LogP contribution in [0.4, 0.5) is 0 Å². The van der Waals surface area contributed by atoms with Crippen LogP contribution in [0, 0.1) is 5.92 Å². The van der Waals surface area contributed by atoms with Crippen LogP contribution in [0.5, 0.6) is 0 Å². The van der Waals surface area contributed by atoms with E-state index in [1.54, 1.807) is 0 Å². The molecule has 1 amide bonds. The van der Waals surface area contributed by atoms with Crippen molar-refractivity contribution in [3.05, 3.63) is 22.4 Å². The first kappa shape index (κ1) is 14.1. The van der Waals surface area contributed by atoms with Crippen LogP contribution < -0.4 is 5.73 Å². The molecule has 2 fully saturated rings. The van der Waals surface area contributed by atoms with Crippen LogP contribution in [-0.4, -0.2) is 34.5 Å². The summed E-state index contributed by atoms with van der Waals surface area (Å²) in [6.07, 6.45) is 6.60. The number of carbonyl (C=O) groups excluding carboxylic acids is 1. The molecule has 2 atom stereocenters. The monoisotopic (exact) mass is 339 g/mol. The number of nitrogens with two attached hydrogens (primary N) is 1. The summed E-state index contributed by atoms with van der Waals surface area (Å²) in [4.78, 5) is 14.8. The highest BCUT2D eigenvalue weighted by molar-refractivity contribution is 9.10. The number of likely N-dealkylation sites (tertiary alicyclic amines) is 1. The van der Waals surface area contributed by atoms with Crippen LogP contribution in [0.15, 0.2) is 16.7 Å². The second-order valence-corrected chi connectivity index (χ2v) is 7.11. The van der Waals surface area contributed by atoms with E-state index in [2.05, 4.69) is 20.5 Å². The number of hydrogen-bond donors (Lipinski definition) is 1. The zero-order valence-electron chi connectivity index (χ0n) is 11.9. The molecule has 0 bridgehead atoms. The summed E-state index contributed by atoms with van der Waals surface area (Å²) >= 11 is 3.49. The van der Waals surface area contributed by atoms with Gasteiger partial charge in [0.25, 0.3) is 5.91 Å². The Hall–Kier alpha value is -0.810. The third-order valence-corrected chi connectivity index (χ3v) is 4.90. The third-order valence-electron chi connectivity index (χ3n) is 4.46. The summed E-state index contributed by atoms with van der Waals surface area (Å²) in [5, 5.41) is 0. The highest BCUT2D eigenvalue weighted by Gasteiger charge is 2.32. The SMILES string of the molecule is CC(N)C1CCCN(C(=O)c2cc(Br)cn2C2CC2)C1. The van der Waals surface area contributed by atoms with Gasteiger partial charge in [0.05, 0.1) is 0 Å². The minimum absolute atomic E-state index is 0.160. The van der Waals surface area contributed by atoms with E-state index in [4.69, 9.17) is 5.73 Å². The number of hydrogen-bond acceptors (Lipinski definition) is 2. The number of aromatic nitrogens is 1. The predicted octanol–water partition coefficient (Wildman–Crippen LogP) is 2.78. The average Bonchev–Trinajstić information content (AvgIpc) is 3.21. The zero-order chi connectivity index (χ0) is 14.3. The molecule has 1 saturated carbocycles. The molecule has 1 saturated heterocycles. The molecule has 20 heavy (non-hydrogen) atoms. The first-order chi connectivity index (χ1) is 9.56. The second-order valence-electron chi connectivity index (χ2n) is 6.19. The molecule has 4 nitrogen and oxygen atoms in total. The van der Waals surface area contributed by atoms with Crippen LogP contribution in [0.25, 0.3) is 0 Å². The van der Waals surface area contributed by atoms with Gasteiger partial charge in [0.15, 0.2) is 0 Å². The van der Waals surface area contributed by atoms with Gasteiger partial charge in [-0.3, -0.25) is 4.79 Å². The zero-order valence-corrected chi connectivity index (χ0v) is 13.5. The Morgan fingerprint density at radius 2 is 2.20 bits per heavy atom. The van der Waals surface area contributed by atoms with Gasteiger partial charge in [-0.25, -0.2) is 0 Å². The smallest absolute Gasteiger partial charge is 0.270 e. The van der Waals surface area contributed by atoms with Crippen LogP contribution in [-0.2, 0) is 0 Å². The molecule has 3 rings (SSSR count). The number of piperidine rings is 1. The molecule has 5 heteroatoms. The summed E-state index contributed by atoms with van der Waals surface area (Å²) in [5.74, 6) is 0.591. The lowest BCUT2D eigenvalue weighted by Gasteiger charge is -2.34. The number of amides is 1. The maximum absolute atomic E-state index is 12.8. The van der Waals surface area contributed by atoms with Gasteiger partial charge in [-0.1, -0.05) is 0 Å². The fraction of sp³-hybridized carbons (Fsp3) is 0.667. The first-order valence-electron chi connectivity index (χ1n) is 7.48. The lowest BCUT2D eigenvalue weighted by molar-refractivity contribution is 0.0650. The van der Waals surface area contributed by atoms with Gasteiger partial charge in [-0.05, 0) is 60.5 Å². The molecule has 2 heterocycles. The molecule has 2 aliphatic rings. The van der Waals surface area contributed by atoms with Crippen molar-refractivity contribution in [2.24, 2.45) is 11.7 Å². The molecule has 1 aromatic rings. The molecule has 1 aliphatic carbocycles. The number of nitrogens with zero attached hydrogens (tertiary/aromatic N) is 2. The molecule has 0 radical (unpaired) electrons. The van der Waals surface area contributed by atoms with Gasteiger partial charge >= 0.3 is 0 Å². The minimum atomic E-state index is 0.160. The van der Waals surface area contributed by atoms with E-state index in [9.17, 15) is 4.79 Å². The Morgan fingerprint density at radius 3 is 2.85 bits per heavy atom. The average molecular weight is 340 g/mol. The molecule has 2 N–H and O–H groups in total. The molecule has 1 aliphatic heterocycles. The second kappa shape index (κ2) is 5.53. The summed E-state index contributed by atoms with van der Waals surface area (Å²) in [7, 11) is 0. The summed E-state index contributed by atoms with van der Waals surface area (Å²) in [5.41, 5.74) is 6.83. The molecule has 110 valence electrons. The van der Waals surface area contributed by atoms with Crippen molar-refractivity contribution in [1.29, 1.82) is 0 Å². The molecule has 0 aromatic carbocycles. The summed E-state index contributed by atoms with van der Waals surface area (Å²) < 4.78 is 3.13. The number of halogens is 1. The standard InChI is InChI=1S/C15H22BrN3O/c1-10(17)11-3-2-6-18(8-11)15(20)14-7-12(16)9-19(14)13-4-5-13/h7,9-11,13H,2-6,8,17H2,1H3. The van der Waals surface area contributed by atoms with Gasteiger partial charge in [-0.2, -0.15) is 0 Å². The lowest BCUT2D eigenvalue weighted by Crippen LogP contribution is -2.45. The van der Waals surface area contributed by atoms with Crippen molar-refractivity contribution in [3.8, 4) is 0 Å². The number of rotatable bonds is 3. The van der Waals surface area contributed by atoms with Crippen LogP contribution >= 0.6 is 15.9 Å². The van der Waals surface area contributed by atoms with Crippen LogP contribution in [0.2, 0.25) is 0 Å². The fourth-order valence-electron chi connectivity index (χ4n) is 3.06. The van der Waals surface area contributed by atoms with Gasteiger partial charge < -0.3 is 15.2 Å². The Balaban J connectivity index is 1.78. The highest BCUT2D eigenvalue weighted by Crippen LogP contribution is 2.38. The van der Waals surface area contributed by atoms with E-state index >= 15 is 0 Å². The first-order valence-corrected chi connectivity index (χ1v) is 8.28. The van der Waals surface area contributed by atoms with Gasteiger partial charge in [-0.15, -0.1) is 0 Å². The van der Waals surface area contributed by atoms with Gasteiger partial charge in [0, 0.05) is 35.8 Å². The molecule has 1 aromatic heterocycles. The van der Waals surface area contributed by atoms with E-state index in [0.717, 1.165) is 36.1 Å². The Bertz CT molecular complexity index is 507. The van der Waals surface area contributed by atoms with E-state index in [1.165, 1.54) is 12.8 Å². The van der Waals surface area contributed by atoms with Crippen molar-refractivity contribution < 1.29 is 4.79 Å². The van der Waals surface area contributed by atoms with E-state index in [0.29, 0.717) is 12.0 Å². The normalized spacial score (nSPS) is 24.8. The van der Waals surface area contributed by atoms with Crippen molar-refractivity contribution in [1.82, 2.24) is 9.47 Å². The van der Waals surface area contributed by atoms with Crippen molar-refractivity contribution >= 4 is 21.8 Å². The third kappa shape index (κ3) is 2.79. The molecule has 2 unspecified atom stereocenters. The lowest BCUT2D eigenvalue weighted by atomic mass is 9.92. The topological polar surface area (TPSA) is 51.3 Å². The van der Waals surface area contributed by atoms with Crippen LogP contribution in [0.1, 0.15) is 49.1 Å². The largest absolute Gasteiger partial charge is 0.339 e. The highest BCUT2D eigenvalue weighted by atomic mass is 79.9. The number of carbonyl (C=O) groups is 1.